The maximum absolute atomic E-state index is 5.76. The average molecular weight is 217 g/mol. The Bertz CT molecular complexity index is 369. The monoisotopic (exact) mass is 217 g/mol. The maximum atomic E-state index is 5.76. The molecule has 0 radical (unpaired) electrons. The van der Waals surface area contributed by atoms with Crippen LogP contribution in [0.2, 0.25) is 0 Å². The third kappa shape index (κ3) is 1.92. The average Bonchev–Trinajstić information content (AvgIpc) is 2.30. The van der Waals surface area contributed by atoms with E-state index in [1.165, 1.54) is 37.9 Å². The van der Waals surface area contributed by atoms with Crippen molar-refractivity contribution in [3.63, 3.8) is 0 Å². The van der Waals surface area contributed by atoms with Crippen molar-refractivity contribution in [2.24, 2.45) is 5.92 Å². The summed E-state index contributed by atoms with van der Waals surface area (Å²) in [6.45, 7) is 2.59. The van der Waals surface area contributed by atoms with E-state index in [0.717, 1.165) is 24.1 Å². The fraction of sp³-hybridized carbons (Fsp3) is 0.615. The minimum Gasteiger partial charge on any atom is -0.397 e. The minimum absolute atomic E-state index is 0.732. The van der Waals surface area contributed by atoms with Gasteiger partial charge in [-0.25, -0.2) is 0 Å². The predicted molar refractivity (Wildman–Crippen MR) is 65.1 cm³/mol. The van der Waals surface area contributed by atoms with Crippen molar-refractivity contribution in [1.29, 1.82) is 0 Å². The molecule has 1 aromatic rings. The lowest BCUT2D eigenvalue weighted by molar-refractivity contribution is 0.0498. The molecule has 86 valence electrons. The number of aromatic nitrogens is 1. The normalized spacial score (nSPS) is 32.9. The molecule has 1 atom stereocenters. The van der Waals surface area contributed by atoms with Gasteiger partial charge in [0.15, 0.2) is 0 Å². The SMILES string of the molecule is Nc1cncc(CC2CC3CCN2CC3)c1. The van der Waals surface area contributed by atoms with Crippen molar-refractivity contribution in [2.75, 3.05) is 18.8 Å². The molecule has 4 rings (SSSR count). The second-order valence-corrected chi connectivity index (χ2v) is 5.20. The largest absolute Gasteiger partial charge is 0.397 e. The van der Waals surface area contributed by atoms with Crippen molar-refractivity contribution < 1.29 is 0 Å². The van der Waals surface area contributed by atoms with Crippen molar-refractivity contribution in [3.05, 3.63) is 24.0 Å². The summed E-state index contributed by atoms with van der Waals surface area (Å²) >= 11 is 0. The van der Waals surface area contributed by atoms with Crippen molar-refractivity contribution in [1.82, 2.24) is 9.88 Å². The van der Waals surface area contributed by atoms with E-state index in [4.69, 9.17) is 5.73 Å². The summed E-state index contributed by atoms with van der Waals surface area (Å²) in [6.07, 6.45) is 8.98. The molecule has 3 heteroatoms. The summed E-state index contributed by atoms with van der Waals surface area (Å²) in [7, 11) is 0. The number of nitrogen functional groups attached to an aromatic ring is 1. The van der Waals surface area contributed by atoms with Gasteiger partial charge in [0.2, 0.25) is 0 Å². The van der Waals surface area contributed by atoms with E-state index in [0.29, 0.717) is 0 Å². The fourth-order valence-corrected chi connectivity index (χ4v) is 3.19. The molecule has 0 aromatic carbocycles. The van der Waals surface area contributed by atoms with Gasteiger partial charge in [0.1, 0.15) is 0 Å². The van der Waals surface area contributed by atoms with E-state index in [1.807, 2.05) is 6.20 Å². The van der Waals surface area contributed by atoms with Crippen LogP contribution in [0.3, 0.4) is 0 Å². The first kappa shape index (κ1) is 10.1. The number of hydrogen-bond donors (Lipinski definition) is 1. The highest BCUT2D eigenvalue weighted by Crippen LogP contribution is 2.33. The van der Waals surface area contributed by atoms with E-state index in [-0.39, 0.29) is 0 Å². The number of fused-ring (bicyclic) bond motifs is 3. The van der Waals surface area contributed by atoms with Crippen molar-refractivity contribution >= 4 is 5.69 Å². The Kier molecular flexibility index (Phi) is 2.56. The molecule has 3 aliphatic heterocycles. The molecule has 1 unspecified atom stereocenters. The van der Waals surface area contributed by atoms with E-state index in [2.05, 4.69) is 16.0 Å². The predicted octanol–water partition coefficient (Wildman–Crippen LogP) is 1.69. The Labute approximate surface area is 96.7 Å². The van der Waals surface area contributed by atoms with E-state index >= 15 is 0 Å². The Morgan fingerprint density at radius 1 is 1.31 bits per heavy atom. The lowest BCUT2D eigenvalue weighted by atomic mass is 9.81. The van der Waals surface area contributed by atoms with Gasteiger partial charge in [0, 0.05) is 18.4 Å². The molecule has 4 heterocycles. The molecule has 0 amide bonds. The molecule has 2 N–H and O–H groups in total. The summed E-state index contributed by atoms with van der Waals surface area (Å²) in [5.74, 6) is 0.976. The fourth-order valence-electron chi connectivity index (χ4n) is 3.19. The Hall–Kier alpha value is -1.09. The van der Waals surface area contributed by atoms with Crippen LogP contribution >= 0.6 is 0 Å². The summed E-state index contributed by atoms with van der Waals surface area (Å²) in [5.41, 5.74) is 7.84. The molecule has 2 bridgehead atoms. The Morgan fingerprint density at radius 3 is 2.75 bits per heavy atom. The Morgan fingerprint density at radius 2 is 2.12 bits per heavy atom. The van der Waals surface area contributed by atoms with Crippen LogP contribution in [-0.4, -0.2) is 29.0 Å². The topological polar surface area (TPSA) is 42.1 Å². The van der Waals surface area contributed by atoms with Crippen LogP contribution in [0, 0.1) is 5.92 Å². The third-order valence-corrected chi connectivity index (χ3v) is 4.06. The van der Waals surface area contributed by atoms with Crippen LogP contribution in [0.1, 0.15) is 24.8 Å². The number of piperidine rings is 3. The lowest BCUT2D eigenvalue weighted by Crippen LogP contribution is -2.49. The van der Waals surface area contributed by atoms with Gasteiger partial charge < -0.3 is 10.6 Å². The van der Waals surface area contributed by atoms with E-state index < -0.39 is 0 Å². The molecule has 1 aromatic heterocycles. The summed E-state index contributed by atoms with van der Waals surface area (Å²) < 4.78 is 0. The van der Waals surface area contributed by atoms with Crippen LogP contribution in [0.5, 0.6) is 0 Å². The number of anilines is 1. The molecule has 3 fully saturated rings. The number of nitrogens with two attached hydrogens (primary N) is 1. The molecular formula is C13H19N3. The highest BCUT2D eigenvalue weighted by molar-refractivity contribution is 5.37. The molecule has 0 aliphatic carbocycles. The van der Waals surface area contributed by atoms with Crippen LogP contribution in [-0.2, 0) is 6.42 Å². The molecule has 3 aliphatic rings. The maximum Gasteiger partial charge on any atom is 0.0503 e. The molecule has 0 saturated carbocycles. The molecule has 0 spiro atoms. The van der Waals surface area contributed by atoms with Gasteiger partial charge in [-0.2, -0.15) is 0 Å². The molecule has 3 saturated heterocycles. The number of rotatable bonds is 2. The first-order valence-electron chi connectivity index (χ1n) is 6.25. The van der Waals surface area contributed by atoms with Gasteiger partial charge in [-0.05, 0) is 56.3 Å². The quantitative estimate of drug-likeness (QED) is 0.819. The molecular weight excluding hydrogens is 198 g/mol. The van der Waals surface area contributed by atoms with Crippen LogP contribution in [0.25, 0.3) is 0 Å². The summed E-state index contributed by atoms with van der Waals surface area (Å²) in [4.78, 5) is 6.81. The molecule has 3 nitrogen and oxygen atoms in total. The first-order valence-corrected chi connectivity index (χ1v) is 6.25. The van der Waals surface area contributed by atoms with Crippen molar-refractivity contribution in [3.8, 4) is 0 Å². The number of nitrogens with zero attached hydrogens (tertiary/aromatic N) is 2. The lowest BCUT2D eigenvalue weighted by Gasteiger charge is -2.45. The highest BCUT2D eigenvalue weighted by atomic mass is 15.2. The van der Waals surface area contributed by atoms with E-state index in [9.17, 15) is 0 Å². The van der Waals surface area contributed by atoms with Gasteiger partial charge >= 0.3 is 0 Å². The first-order chi connectivity index (χ1) is 7.81. The second-order valence-electron chi connectivity index (χ2n) is 5.20. The van der Waals surface area contributed by atoms with Gasteiger partial charge in [0.25, 0.3) is 0 Å². The standard InChI is InChI=1S/C13H19N3/c14-12-5-11(8-15-9-12)7-13-6-10-1-3-16(13)4-2-10/h5,8-10,13H,1-4,6-7,14H2. The smallest absolute Gasteiger partial charge is 0.0503 e. The zero-order chi connectivity index (χ0) is 11.0. The van der Waals surface area contributed by atoms with E-state index in [1.54, 1.807) is 6.20 Å². The van der Waals surface area contributed by atoms with Crippen LogP contribution in [0.4, 0.5) is 5.69 Å². The van der Waals surface area contributed by atoms with Gasteiger partial charge in [-0.1, -0.05) is 0 Å². The third-order valence-electron chi connectivity index (χ3n) is 4.06. The second kappa shape index (κ2) is 4.06. The van der Waals surface area contributed by atoms with Crippen LogP contribution in [0.15, 0.2) is 18.5 Å². The summed E-state index contributed by atoms with van der Waals surface area (Å²) in [5, 5.41) is 0. The zero-order valence-electron chi connectivity index (χ0n) is 9.60. The van der Waals surface area contributed by atoms with Gasteiger partial charge in [0.05, 0.1) is 5.69 Å². The Balaban J connectivity index is 1.71. The van der Waals surface area contributed by atoms with Crippen LogP contribution < -0.4 is 5.73 Å². The number of pyridine rings is 1. The van der Waals surface area contributed by atoms with Crippen molar-refractivity contribution in [2.45, 2.75) is 31.7 Å². The highest BCUT2D eigenvalue weighted by Gasteiger charge is 2.33. The number of hydrogen-bond acceptors (Lipinski definition) is 3. The zero-order valence-corrected chi connectivity index (χ0v) is 9.60. The summed E-state index contributed by atoms with van der Waals surface area (Å²) in [6, 6.07) is 2.80. The van der Waals surface area contributed by atoms with Gasteiger partial charge in [-0.3, -0.25) is 4.98 Å². The molecule has 16 heavy (non-hydrogen) atoms. The minimum atomic E-state index is 0.732. The van der Waals surface area contributed by atoms with Gasteiger partial charge in [-0.15, -0.1) is 0 Å².